The van der Waals surface area contributed by atoms with Gasteiger partial charge < -0.3 is 0 Å². The number of imide groups is 2. The third kappa shape index (κ3) is 2.20. The minimum absolute atomic E-state index is 0.146. The van der Waals surface area contributed by atoms with Crippen LogP contribution in [0.15, 0.2) is 18.3 Å². The summed E-state index contributed by atoms with van der Waals surface area (Å²) in [6.07, 6.45) is 4.37. The summed E-state index contributed by atoms with van der Waals surface area (Å²) < 4.78 is 0. The van der Waals surface area contributed by atoms with Crippen molar-refractivity contribution in [3.8, 4) is 0 Å². The van der Waals surface area contributed by atoms with Crippen LogP contribution in [0.3, 0.4) is 0 Å². The first-order valence-electron chi connectivity index (χ1n) is 7.12. The average molecular weight is 287 g/mol. The van der Waals surface area contributed by atoms with Crippen LogP contribution in [0.1, 0.15) is 36.9 Å². The smallest absolute Gasteiger partial charge is 0.277 e. The Kier molecular flexibility index (Phi) is 3.23. The Morgan fingerprint density at radius 1 is 1.24 bits per heavy atom. The molecule has 6 nitrogen and oxygen atoms in total. The number of nitrogens with zero attached hydrogens (tertiary/aromatic N) is 2. The molecular formula is C15H17N3O3. The molecular weight excluding hydrogens is 270 g/mol. The average Bonchev–Trinajstić information content (AvgIpc) is 2.95. The molecule has 1 N–H and O–H groups in total. The normalized spacial score (nSPS) is 21.0. The van der Waals surface area contributed by atoms with Crippen LogP contribution in [0.25, 0.3) is 0 Å². The number of amides is 4. The lowest BCUT2D eigenvalue weighted by atomic mass is 9.82. The standard InChI is InChI=1S/C15H17N3O3/c1-10-4-5-11(8-16-10)9-18-13(20)15(6-2-3-7-15)12(19)17-14(18)21/h4-5,8H,2-3,6-7,9H2,1H3,(H,17,19,21). The van der Waals surface area contributed by atoms with Crippen molar-refractivity contribution in [2.24, 2.45) is 5.41 Å². The van der Waals surface area contributed by atoms with Gasteiger partial charge in [0.25, 0.3) is 0 Å². The number of aryl methyl sites for hydroxylation is 1. The van der Waals surface area contributed by atoms with Crippen molar-refractivity contribution < 1.29 is 14.4 Å². The monoisotopic (exact) mass is 287 g/mol. The van der Waals surface area contributed by atoms with Gasteiger partial charge in [0.15, 0.2) is 0 Å². The summed E-state index contributed by atoms with van der Waals surface area (Å²) in [4.78, 5) is 42.0. The second-order valence-electron chi connectivity index (χ2n) is 5.75. The molecule has 1 aromatic rings. The van der Waals surface area contributed by atoms with Crippen molar-refractivity contribution in [1.82, 2.24) is 15.2 Å². The summed E-state index contributed by atoms with van der Waals surface area (Å²) in [5, 5.41) is 2.33. The number of aromatic nitrogens is 1. The molecule has 110 valence electrons. The Labute approximate surface area is 122 Å². The molecule has 2 aliphatic rings. The highest BCUT2D eigenvalue weighted by molar-refractivity contribution is 6.19. The van der Waals surface area contributed by atoms with E-state index >= 15 is 0 Å². The molecule has 1 saturated heterocycles. The maximum absolute atomic E-state index is 12.7. The predicted molar refractivity (Wildman–Crippen MR) is 74.0 cm³/mol. The summed E-state index contributed by atoms with van der Waals surface area (Å²) >= 11 is 0. The number of urea groups is 1. The molecule has 2 heterocycles. The SMILES string of the molecule is Cc1ccc(CN2C(=O)NC(=O)C3(CCCC3)C2=O)cn1. The number of carbonyl (C=O) groups is 3. The summed E-state index contributed by atoms with van der Waals surface area (Å²) in [5.74, 6) is -0.803. The first-order valence-corrected chi connectivity index (χ1v) is 7.12. The van der Waals surface area contributed by atoms with Gasteiger partial charge in [0.1, 0.15) is 5.41 Å². The lowest BCUT2D eigenvalue weighted by molar-refractivity contribution is -0.151. The predicted octanol–water partition coefficient (Wildman–Crippen LogP) is 1.53. The fraction of sp³-hybridized carbons (Fsp3) is 0.467. The van der Waals surface area contributed by atoms with Crippen LogP contribution in [0.4, 0.5) is 4.79 Å². The van der Waals surface area contributed by atoms with Crippen LogP contribution in [0.2, 0.25) is 0 Å². The number of rotatable bonds is 2. The Morgan fingerprint density at radius 3 is 2.57 bits per heavy atom. The molecule has 1 spiro atoms. The zero-order valence-corrected chi connectivity index (χ0v) is 11.9. The molecule has 0 radical (unpaired) electrons. The minimum atomic E-state index is -1.04. The molecule has 2 fully saturated rings. The molecule has 0 bridgehead atoms. The van der Waals surface area contributed by atoms with Crippen molar-refractivity contribution in [3.63, 3.8) is 0 Å². The molecule has 6 heteroatoms. The third-order valence-electron chi connectivity index (χ3n) is 4.33. The van der Waals surface area contributed by atoms with Gasteiger partial charge in [-0.05, 0) is 31.4 Å². The van der Waals surface area contributed by atoms with Crippen molar-refractivity contribution in [1.29, 1.82) is 0 Å². The Hall–Kier alpha value is -2.24. The van der Waals surface area contributed by atoms with E-state index in [0.29, 0.717) is 12.8 Å². The van der Waals surface area contributed by atoms with Crippen LogP contribution in [0, 0.1) is 12.3 Å². The van der Waals surface area contributed by atoms with E-state index in [2.05, 4.69) is 10.3 Å². The van der Waals surface area contributed by atoms with Gasteiger partial charge >= 0.3 is 6.03 Å². The molecule has 4 amide bonds. The molecule has 1 saturated carbocycles. The van der Waals surface area contributed by atoms with Crippen molar-refractivity contribution in [2.75, 3.05) is 0 Å². The van der Waals surface area contributed by atoms with Gasteiger partial charge in [-0.1, -0.05) is 18.9 Å². The Bertz CT molecular complexity index is 603. The van der Waals surface area contributed by atoms with Crippen LogP contribution in [0.5, 0.6) is 0 Å². The number of pyridine rings is 1. The highest BCUT2D eigenvalue weighted by Gasteiger charge is 2.54. The number of hydrogen-bond donors (Lipinski definition) is 1. The molecule has 21 heavy (non-hydrogen) atoms. The van der Waals surface area contributed by atoms with Crippen molar-refractivity contribution in [2.45, 2.75) is 39.2 Å². The summed E-state index contributed by atoms with van der Waals surface area (Å²) in [6, 6.07) is 3.03. The van der Waals surface area contributed by atoms with Gasteiger partial charge in [-0.3, -0.25) is 24.8 Å². The first kappa shape index (κ1) is 13.7. The fourth-order valence-corrected chi connectivity index (χ4v) is 3.07. The maximum atomic E-state index is 12.7. The lowest BCUT2D eigenvalue weighted by Crippen LogP contribution is -2.62. The van der Waals surface area contributed by atoms with Gasteiger partial charge in [0.05, 0.1) is 6.54 Å². The Morgan fingerprint density at radius 2 is 1.95 bits per heavy atom. The van der Waals surface area contributed by atoms with E-state index in [1.165, 1.54) is 0 Å². The van der Waals surface area contributed by atoms with Gasteiger partial charge in [-0.15, -0.1) is 0 Å². The topological polar surface area (TPSA) is 79.4 Å². The highest BCUT2D eigenvalue weighted by atomic mass is 16.2. The largest absolute Gasteiger partial charge is 0.331 e. The molecule has 1 aromatic heterocycles. The van der Waals surface area contributed by atoms with E-state index in [1.54, 1.807) is 6.20 Å². The number of nitrogens with one attached hydrogen (secondary N) is 1. The van der Waals surface area contributed by atoms with E-state index in [-0.39, 0.29) is 12.5 Å². The number of barbiturate groups is 1. The van der Waals surface area contributed by atoms with Crippen LogP contribution in [-0.2, 0) is 16.1 Å². The summed E-state index contributed by atoms with van der Waals surface area (Å²) in [7, 11) is 0. The van der Waals surface area contributed by atoms with Gasteiger partial charge in [-0.25, -0.2) is 4.79 Å². The van der Waals surface area contributed by atoms with Gasteiger partial charge in [-0.2, -0.15) is 0 Å². The minimum Gasteiger partial charge on any atom is -0.277 e. The zero-order valence-electron chi connectivity index (χ0n) is 11.9. The summed E-state index contributed by atoms with van der Waals surface area (Å²) in [5.41, 5.74) is 0.605. The molecule has 0 unspecified atom stereocenters. The van der Waals surface area contributed by atoms with Crippen LogP contribution < -0.4 is 5.32 Å². The van der Waals surface area contributed by atoms with Crippen LogP contribution >= 0.6 is 0 Å². The van der Waals surface area contributed by atoms with Crippen LogP contribution in [-0.4, -0.2) is 27.7 Å². The van der Waals surface area contributed by atoms with E-state index in [4.69, 9.17) is 0 Å². The zero-order chi connectivity index (χ0) is 15.0. The van der Waals surface area contributed by atoms with E-state index in [1.807, 2.05) is 19.1 Å². The van der Waals surface area contributed by atoms with Gasteiger partial charge in [0.2, 0.25) is 11.8 Å². The highest BCUT2D eigenvalue weighted by Crippen LogP contribution is 2.42. The maximum Gasteiger partial charge on any atom is 0.331 e. The quantitative estimate of drug-likeness (QED) is 0.837. The molecule has 0 atom stereocenters. The number of carbonyl (C=O) groups excluding carboxylic acids is 3. The molecule has 3 rings (SSSR count). The van der Waals surface area contributed by atoms with E-state index in [0.717, 1.165) is 29.0 Å². The van der Waals surface area contributed by atoms with E-state index in [9.17, 15) is 14.4 Å². The lowest BCUT2D eigenvalue weighted by Gasteiger charge is -2.36. The number of hydrogen-bond acceptors (Lipinski definition) is 4. The van der Waals surface area contributed by atoms with Crippen molar-refractivity contribution >= 4 is 17.8 Å². The molecule has 1 aliphatic carbocycles. The second kappa shape index (κ2) is 4.95. The Balaban J connectivity index is 1.86. The summed E-state index contributed by atoms with van der Waals surface area (Å²) in [6.45, 7) is 2.02. The van der Waals surface area contributed by atoms with E-state index < -0.39 is 17.4 Å². The molecule has 0 aromatic carbocycles. The third-order valence-corrected chi connectivity index (χ3v) is 4.33. The van der Waals surface area contributed by atoms with Gasteiger partial charge in [0, 0.05) is 11.9 Å². The molecule has 1 aliphatic heterocycles. The van der Waals surface area contributed by atoms with Crippen molar-refractivity contribution in [3.05, 3.63) is 29.6 Å². The fourth-order valence-electron chi connectivity index (χ4n) is 3.07. The first-order chi connectivity index (χ1) is 10.0. The second-order valence-corrected chi connectivity index (χ2v) is 5.75.